The smallest absolute Gasteiger partial charge is 0.191 e. The van der Waals surface area contributed by atoms with Crippen LogP contribution in [0.15, 0.2) is 52.1 Å². The van der Waals surface area contributed by atoms with Crippen LogP contribution in [0, 0.1) is 5.82 Å². The molecule has 1 unspecified atom stereocenters. The van der Waals surface area contributed by atoms with E-state index in [1.54, 1.807) is 31.2 Å². The van der Waals surface area contributed by atoms with Crippen LogP contribution in [0.1, 0.15) is 25.2 Å². The van der Waals surface area contributed by atoms with Crippen molar-refractivity contribution in [1.82, 2.24) is 10.6 Å². The molecular formula is C17H22FN3O2. The van der Waals surface area contributed by atoms with Gasteiger partial charge in [0.05, 0.1) is 19.4 Å². The number of guanidine groups is 1. The average molecular weight is 319 g/mol. The highest BCUT2D eigenvalue weighted by Crippen LogP contribution is 2.19. The predicted molar refractivity (Wildman–Crippen MR) is 87.5 cm³/mol. The van der Waals surface area contributed by atoms with Crippen molar-refractivity contribution in [3.8, 4) is 0 Å². The van der Waals surface area contributed by atoms with E-state index in [-0.39, 0.29) is 12.4 Å². The van der Waals surface area contributed by atoms with Gasteiger partial charge in [-0.15, -0.1) is 0 Å². The third-order valence-corrected chi connectivity index (χ3v) is 3.33. The van der Waals surface area contributed by atoms with Crippen molar-refractivity contribution in [3.05, 3.63) is 59.8 Å². The predicted octanol–water partition coefficient (Wildman–Crippen LogP) is 2.38. The van der Waals surface area contributed by atoms with Gasteiger partial charge in [-0.3, -0.25) is 0 Å². The molecule has 0 bridgehead atoms. The topological polar surface area (TPSA) is 69.8 Å². The highest BCUT2D eigenvalue weighted by Gasteiger charge is 2.26. The SMILES string of the molecule is CCNC(=NCc1ccc(F)cc1)NCC(C)(O)c1ccco1. The van der Waals surface area contributed by atoms with Crippen LogP contribution in [-0.4, -0.2) is 24.2 Å². The lowest BCUT2D eigenvalue weighted by atomic mass is 10.0. The molecule has 0 aliphatic rings. The summed E-state index contributed by atoms with van der Waals surface area (Å²) in [5.74, 6) is 0.792. The first-order valence-corrected chi connectivity index (χ1v) is 7.54. The van der Waals surface area contributed by atoms with E-state index in [1.807, 2.05) is 6.92 Å². The lowest BCUT2D eigenvalue weighted by molar-refractivity contribution is 0.0386. The van der Waals surface area contributed by atoms with E-state index in [1.165, 1.54) is 18.4 Å². The van der Waals surface area contributed by atoms with E-state index in [2.05, 4.69) is 15.6 Å². The highest BCUT2D eigenvalue weighted by molar-refractivity contribution is 5.79. The molecule has 0 radical (unpaired) electrons. The van der Waals surface area contributed by atoms with Crippen LogP contribution in [0.3, 0.4) is 0 Å². The Hall–Kier alpha value is -2.34. The molecule has 124 valence electrons. The third kappa shape index (κ3) is 5.10. The van der Waals surface area contributed by atoms with Crippen LogP contribution in [0.5, 0.6) is 0 Å². The molecule has 2 aromatic rings. The monoisotopic (exact) mass is 319 g/mol. The number of hydrogen-bond donors (Lipinski definition) is 3. The molecule has 0 spiro atoms. The van der Waals surface area contributed by atoms with Crippen molar-refractivity contribution < 1.29 is 13.9 Å². The lowest BCUT2D eigenvalue weighted by Gasteiger charge is -2.22. The standard InChI is InChI=1S/C17H22FN3O2/c1-3-19-16(20-11-13-6-8-14(18)9-7-13)21-12-17(2,22)15-5-4-10-23-15/h4-10,22H,3,11-12H2,1-2H3,(H2,19,20,21). The average Bonchev–Trinajstić information content (AvgIpc) is 3.07. The summed E-state index contributed by atoms with van der Waals surface area (Å²) in [4.78, 5) is 4.43. The van der Waals surface area contributed by atoms with Crippen LogP contribution >= 0.6 is 0 Å². The second kappa shape index (κ2) is 7.78. The third-order valence-electron chi connectivity index (χ3n) is 3.33. The van der Waals surface area contributed by atoms with E-state index in [0.717, 1.165) is 5.56 Å². The Labute approximate surface area is 135 Å². The van der Waals surface area contributed by atoms with E-state index >= 15 is 0 Å². The Morgan fingerprint density at radius 2 is 2.00 bits per heavy atom. The van der Waals surface area contributed by atoms with Crippen molar-refractivity contribution in [1.29, 1.82) is 0 Å². The van der Waals surface area contributed by atoms with E-state index in [4.69, 9.17) is 4.42 Å². The molecule has 0 fully saturated rings. The van der Waals surface area contributed by atoms with Gasteiger partial charge in [0.1, 0.15) is 17.2 Å². The number of rotatable bonds is 6. The summed E-state index contributed by atoms with van der Waals surface area (Å²) in [6.07, 6.45) is 1.53. The Kier molecular flexibility index (Phi) is 5.76. The fourth-order valence-electron chi connectivity index (χ4n) is 2.03. The second-order valence-corrected chi connectivity index (χ2v) is 5.43. The first-order valence-electron chi connectivity index (χ1n) is 7.54. The zero-order chi connectivity index (χ0) is 16.7. The number of nitrogens with one attached hydrogen (secondary N) is 2. The number of furan rings is 1. The van der Waals surface area contributed by atoms with Crippen molar-refractivity contribution in [3.63, 3.8) is 0 Å². The Morgan fingerprint density at radius 1 is 1.26 bits per heavy atom. The van der Waals surface area contributed by atoms with Crippen molar-refractivity contribution >= 4 is 5.96 Å². The van der Waals surface area contributed by atoms with Gasteiger partial charge in [0.15, 0.2) is 5.96 Å². The first-order chi connectivity index (χ1) is 11.0. The molecule has 1 atom stereocenters. The minimum absolute atomic E-state index is 0.246. The number of aliphatic imine (C=N–C) groups is 1. The van der Waals surface area contributed by atoms with E-state index < -0.39 is 5.60 Å². The normalized spacial score (nSPS) is 14.3. The number of benzene rings is 1. The van der Waals surface area contributed by atoms with E-state index in [9.17, 15) is 9.50 Å². The number of halogens is 1. The van der Waals surface area contributed by atoms with Gasteiger partial charge in [-0.1, -0.05) is 12.1 Å². The molecular weight excluding hydrogens is 297 g/mol. The number of nitrogens with zero attached hydrogens (tertiary/aromatic N) is 1. The van der Waals surface area contributed by atoms with Crippen LogP contribution in [0.25, 0.3) is 0 Å². The zero-order valence-electron chi connectivity index (χ0n) is 13.3. The lowest BCUT2D eigenvalue weighted by Crippen LogP contribution is -2.44. The molecule has 1 aromatic carbocycles. The molecule has 0 saturated heterocycles. The van der Waals surface area contributed by atoms with Crippen molar-refractivity contribution in [2.45, 2.75) is 26.0 Å². The number of hydrogen-bond acceptors (Lipinski definition) is 3. The van der Waals surface area contributed by atoms with Crippen molar-refractivity contribution in [2.75, 3.05) is 13.1 Å². The summed E-state index contributed by atoms with van der Waals surface area (Å²) < 4.78 is 18.1. The van der Waals surface area contributed by atoms with Gasteiger partial charge in [0, 0.05) is 6.54 Å². The molecule has 6 heteroatoms. The summed E-state index contributed by atoms with van der Waals surface area (Å²) in [6, 6.07) is 9.67. The molecule has 1 heterocycles. The Balaban J connectivity index is 1.97. The highest BCUT2D eigenvalue weighted by atomic mass is 19.1. The quantitative estimate of drug-likeness (QED) is 0.565. The Bertz CT molecular complexity index is 622. The van der Waals surface area contributed by atoms with Gasteiger partial charge in [0.2, 0.25) is 0 Å². The van der Waals surface area contributed by atoms with Gasteiger partial charge >= 0.3 is 0 Å². The molecule has 3 N–H and O–H groups in total. The second-order valence-electron chi connectivity index (χ2n) is 5.43. The summed E-state index contributed by atoms with van der Waals surface area (Å²) in [7, 11) is 0. The van der Waals surface area contributed by atoms with Gasteiger partial charge in [-0.25, -0.2) is 9.38 Å². The van der Waals surface area contributed by atoms with Crippen molar-refractivity contribution in [2.24, 2.45) is 4.99 Å². The fraction of sp³-hybridized carbons (Fsp3) is 0.353. The molecule has 0 saturated carbocycles. The number of aliphatic hydroxyl groups is 1. The molecule has 0 aliphatic heterocycles. The minimum Gasteiger partial charge on any atom is -0.466 e. The zero-order valence-corrected chi connectivity index (χ0v) is 13.3. The molecule has 5 nitrogen and oxygen atoms in total. The van der Waals surface area contributed by atoms with Crippen LogP contribution in [0.2, 0.25) is 0 Å². The summed E-state index contributed by atoms with van der Waals surface area (Å²) in [5.41, 5.74) is -0.239. The fourth-order valence-corrected chi connectivity index (χ4v) is 2.03. The van der Waals surface area contributed by atoms with Crippen LogP contribution < -0.4 is 10.6 Å². The molecule has 2 rings (SSSR count). The summed E-state index contributed by atoms with van der Waals surface area (Å²) in [5, 5.41) is 16.6. The maximum absolute atomic E-state index is 12.9. The van der Waals surface area contributed by atoms with E-state index in [0.29, 0.717) is 24.8 Å². The molecule has 0 aliphatic carbocycles. The molecule has 0 amide bonds. The first kappa shape index (κ1) is 17.0. The summed E-state index contributed by atoms with van der Waals surface area (Å²) >= 11 is 0. The van der Waals surface area contributed by atoms with Gasteiger partial charge < -0.3 is 20.2 Å². The summed E-state index contributed by atoms with van der Waals surface area (Å²) in [6.45, 7) is 4.98. The van der Waals surface area contributed by atoms with Gasteiger partial charge in [0.25, 0.3) is 0 Å². The van der Waals surface area contributed by atoms with Crippen LogP contribution in [-0.2, 0) is 12.1 Å². The van der Waals surface area contributed by atoms with Gasteiger partial charge in [-0.05, 0) is 43.7 Å². The Morgan fingerprint density at radius 3 is 2.61 bits per heavy atom. The minimum atomic E-state index is -1.14. The maximum Gasteiger partial charge on any atom is 0.191 e. The largest absolute Gasteiger partial charge is 0.466 e. The molecule has 1 aromatic heterocycles. The van der Waals surface area contributed by atoms with Crippen LogP contribution in [0.4, 0.5) is 4.39 Å². The molecule has 23 heavy (non-hydrogen) atoms. The maximum atomic E-state index is 12.9. The van der Waals surface area contributed by atoms with Gasteiger partial charge in [-0.2, -0.15) is 0 Å².